The van der Waals surface area contributed by atoms with Gasteiger partial charge < -0.3 is 14.5 Å². The third-order valence-corrected chi connectivity index (χ3v) is 2.42. The third kappa shape index (κ3) is 2.77. The first kappa shape index (κ1) is 13.6. The Bertz CT molecular complexity index is 598. The van der Waals surface area contributed by atoms with Crippen molar-refractivity contribution in [3.8, 4) is 11.5 Å². The van der Waals surface area contributed by atoms with Crippen molar-refractivity contribution in [1.82, 2.24) is 10.2 Å². The molecule has 0 bridgehead atoms. The Balaban J connectivity index is 2.61. The molecule has 0 unspecified atom stereocenters. The van der Waals surface area contributed by atoms with Crippen molar-refractivity contribution >= 4 is 12.6 Å². The summed E-state index contributed by atoms with van der Waals surface area (Å²) in [6.45, 7) is 1.47. The molecule has 0 fully saturated rings. The molecule has 100 valence electrons. The number of hydrogen-bond donors (Lipinski definition) is 2. The van der Waals surface area contributed by atoms with Crippen molar-refractivity contribution in [2.75, 3.05) is 0 Å². The van der Waals surface area contributed by atoms with Gasteiger partial charge in [-0.3, -0.25) is 0 Å². The van der Waals surface area contributed by atoms with Crippen LogP contribution in [0.1, 0.15) is 11.5 Å². The minimum absolute atomic E-state index is 0.142. The molecular formula is C10H8BF3N2O3. The Morgan fingerprint density at radius 1 is 1.21 bits per heavy atom. The van der Waals surface area contributed by atoms with Gasteiger partial charge in [-0.1, -0.05) is 12.1 Å². The Morgan fingerprint density at radius 2 is 1.89 bits per heavy atom. The maximum atomic E-state index is 12.6. The summed E-state index contributed by atoms with van der Waals surface area (Å²) in [6.07, 6.45) is -4.55. The molecule has 2 aromatic rings. The molecule has 9 heteroatoms. The molecule has 2 rings (SSSR count). The zero-order valence-electron chi connectivity index (χ0n) is 9.64. The molecule has 19 heavy (non-hydrogen) atoms. The molecule has 2 N–H and O–H groups in total. The van der Waals surface area contributed by atoms with E-state index in [0.29, 0.717) is 0 Å². The smallest absolute Gasteiger partial charge is 0.423 e. The SMILES string of the molecule is Cc1nnc(-c2cc(C(F)(F)F)ccc2B(O)O)o1. The number of nitrogens with zero attached hydrogens (tertiary/aromatic N) is 2. The average Bonchev–Trinajstić information content (AvgIpc) is 2.73. The second-order valence-electron chi connectivity index (χ2n) is 3.80. The van der Waals surface area contributed by atoms with Crippen LogP contribution in [-0.2, 0) is 6.18 Å². The monoisotopic (exact) mass is 272 g/mol. The molecule has 0 saturated carbocycles. The van der Waals surface area contributed by atoms with Crippen molar-refractivity contribution in [2.45, 2.75) is 13.1 Å². The number of benzene rings is 1. The first-order chi connectivity index (χ1) is 8.79. The summed E-state index contributed by atoms with van der Waals surface area (Å²) in [7, 11) is -1.94. The average molecular weight is 272 g/mol. The lowest BCUT2D eigenvalue weighted by Gasteiger charge is -2.10. The Hall–Kier alpha value is -1.87. The van der Waals surface area contributed by atoms with Crippen molar-refractivity contribution < 1.29 is 27.6 Å². The van der Waals surface area contributed by atoms with Crippen LogP contribution in [0.15, 0.2) is 22.6 Å². The molecule has 5 nitrogen and oxygen atoms in total. The number of alkyl halides is 3. The second kappa shape index (κ2) is 4.67. The van der Waals surface area contributed by atoms with Gasteiger partial charge in [-0.15, -0.1) is 10.2 Å². The van der Waals surface area contributed by atoms with Gasteiger partial charge in [-0.2, -0.15) is 13.2 Å². The van der Waals surface area contributed by atoms with Crippen molar-refractivity contribution in [2.24, 2.45) is 0 Å². The summed E-state index contributed by atoms with van der Waals surface area (Å²) < 4.78 is 42.9. The fourth-order valence-electron chi connectivity index (χ4n) is 1.55. The van der Waals surface area contributed by atoms with Gasteiger partial charge in [0.05, 0.1) is 5.56 Å². The molecule has 0 spiro atoms. The quantitative estimate of drug-likeness (QED) is 0.788. The lowest BCUT2D eigenvalue weighted by molar-refractivity contribution is -0.137. The molecule has 0 aliphatic heterocycles. The van der Waals surface area contributed by atoms with Crippen LogP contribution in [0.3, 0.4) is 0 Å². The molecule has 1 heterocycles. The van der Waals surface area contributed by atoms with Crippen LogP contribution in [0.25, 0.3) is 11.5 Å². The summed E-state index contributed by atoms with van der Waals surface area (Å²) in [5.74, 6) is -0.0440. The van der Waals surface area contributed by atoms with E-state index in [2.05, 4.69) is 10.2 Å². The van der Waals surface area contributed by atoms with Gasteiger partial charge in [-0.05, 0) is 11.5 Å². The van der Waals surface area contributed by atoms with E-state index < -0.39 is 18.9 Å². The Morgan fingerprint density at radius 3 is 2.37 bits per heavy atom. The van der Waals surface area contributed by atoms with E-state index >= 15 is 0 Å². The maximum absolute atomic E-state index is 12.6. The van der Waals surface area contributed by atoms with E-state index in [4.69, 9.17) is 14.5 Å². The molecule has 1 aromatic carbocycles. The molecule has 0 aliphatic carbocycles. The van der Waals surface area contributed by atoms with Gasteiger partial charge in [0.1, 0.15) is 0 Å². The maximum Gasteiger partial charge on any atom is 0.489 e. The topological polar surface area (TPSA) is 79.4 Å². The lowest BCUT2D eigenvalue weighted by Crippen LogP contribution is -2.32. The number of hydrogen-bond acceptors (Lipinski definition) is 5. The van der Waals surface area contributed by atoms with Gasteiger partial charge in [0.15, 0.2) is 0 Å². The lowest BCUT2D eigenvalue weighted by atomic mass is 9.76. The summed E-state index contributed by atoms with van der Waals surface area (Å²) in [5, 5.41) is 25.4. The van der Waals surface area contributed by atoms with Crippen LogP contribution >= 0.6 is 0 Å². The first-order valence-corrected chi connectivity index (χ1v) is 5.17. The van der Waals surface area contributed by atoms with Gasteiger partial charge in [0.2, 0.25) is 11.8 Å². The van der Waals surface area contributed by atoms with Crippen molar-refractivity contribution in [3.63, 3.8) is 0 Å². The Labute approximate surface area is 105 Å². The zero-order valence-corrected chi connectivity index (χ0v) is 9.64. The van der Waals surface area contributed by atoms with E-state index in [-0.39, 0.29) is 22.8 Å². The number of aryl methyl sites for hydroxylation is 1. The molecular weight excluding hydrogens is 264 g/mol. The first-order valence-electron chi connectivity index (χ1n) is 5.17. The summed E-state index contributed by atoms with van der Waals surface area (Å²) >= 11 is 0. The number of aromatic nitrogens is 2. The minimum atomic E-state index is -4.55. The fourth-order valence-corrected chi connectivity index (χ4v) is 1.55. The highest BCUT2D eigenvalue weighted by molar-refractivity contribution is 6.60. The van der Waals surface area contributed by atoms with Gasteiger partial charge in [-0.25, -0.2) is 0 Å². The van der Waals surface area contributed by atoms with E-state index in [0.717, 1.165) is 18.2 Å². The van der Waals surface area contributed by atoms with Crippen LogP contribution in [0.4, 0.5) is 13.2 Å². The summed E-state index contributed by atoms with van der Waals surface area (Å²) in [6, 6.07) is 2.45. The predicted octanol–water partition coefficient (Wildman–Crippen LogP) is 0.744. The van der Waals surface area contributed by atoms with Crippen LogP contribution in [-0.4, -0.2) is 27.4 Å². The van der Waals surface area contributed by atoms with Gasteiger partial charge in [0.25, 0.3) is 0 Å². The van der Waals surface area contributed by atoms with Crippen LogP contribution in [0, 0.1) is 6.92 Å². The summed E-state index contributed by atoms with van der Waals surface area (Å²) in [5.41, 5.74) is -1.25. The highest BCUT2D eigenvalue weighted by atomic mass is 19.4. The molecule has 1 aromatic heterocycles. The van der Waals surface area contributed by atoms with E-state index in [9.17, 15) is 13.2 Å². The summed E-state index contributed by atoms with van der Waals surface area (Å²) in [4.78, 5) is 0. The van der Waals surface area contributed by atoms with E-state index in [1.54, 1.807) is 0 Å². The second-order valence-corrected chi connectivity index (χ2v) is 3.80. The van der Waals surface area contributed by atoms with Crippen LogP contribution in [0.5, 0.6) is 0 Å². The van der Waals surface area contributed by atoms with E-state index in [1.807, 2.05) is 0 Å². The zero-order chi connectivity index (χ0) is 14.2. The van der Waals surface area contributed by atoms with Gasteiger partial charge in [0, 0.05) is 12.5 Å². The molecule has 0 amide bonds. The number of halogens is 3. The predicted molar refractivity (Wildman–Crippen MR) is 59.3 cm³/mol. The number of rotatable bonds is 2. The molecule has 0 aliphatic rings. The van der Waals surface area contributed by atoms with Crippen LogP contribution in [0.2, 0.25) is 0 Å². The van der Waals surface area contributed by atoms with Gasteiger partial charge >= 0.3 is 13.3 Å². The molecule has 0 saturated heterocycles. The molecule has 0 atom stereocenters. The Kier molecular flexibility index (Phi) is 3.33. The molecule has 0 radical (unpaired) electrons. The standard InChI is InChI=1S/C10H8BF3N2O3/c1-5-15-16-9(19-5)7-4-6(10(12,13)14)2-3-8(7)11(17)18/h2-4,17-18H,1H3. The van der Waals surface area contributed by atoms with Crippen molar-refractivity contribution in [1.29, 1.82) is 0 Å². The highest BCUT2D eigenvalue weighted by Crippen LogP contribution is 2.31. The highest BCUT2D eigenvalue weighted by Gasteiger charge is 2.32. The minimum Gasteiger partial charge on any atom is -0.423 e. The van der Waals surface area contributed by atoms with E-state index in [1.165, 1.54) is 6.92 Å². The third-order valence-electron chi connectivity index (χ3n) is 2.42. The van der Waals surface area contributed by atoms with Crippen molar-refractivity contribution in [3.05, 3.63) is 29.7 Å². The normalized spacial score (nSPS) is 11.7. The fraction of sp³-hybridized carbons (Fsp3) is 0.200. The van der Waals surface area contributed by atoms with Crippen LogP contribution < -0.4 is 5.46 Å². The largest absolute Gasteiger partial charge is 0.489 e.